The van der Waals surface area contributed by atoms with Gasteiger partial charge in [-0.2, -0.15) is 0 Å². The normalized spacial score (nSPS) is 34.5. The fourth-order valence-corrected chi connectivity index (χ4v) is 6.06. The van der Waals surface area contributed by atoms with E-state index in [9.17, 15) is 14.7 Å². The molecular formula is C26H46O4. The van der Waals surface area contributed by atoms with Crippen molar-refractivity contribution in [2.75, 3.05) is 6.61 Å². The Morgan fingerprint density at radius 1 is 1.00 bits per heavy atom. The van der Waals surface area contributed by atoms with E-state index in [0.29, 0.717) is 30.3 Å². The number of carbonyl (C=O) groups excluding carboxylic acids is 1. The van der Waals surface area contributed by atoms with Crippen molar-refractivity contribution >= 4 is 11.9 Å². The van der Waals surface area contributed by atoms with Crippen molar-refractivity contribution in [2.45, 2.75) is 111 Å². The summed E-state index contributed by atoms with van der Waals surface area (Å²) in [5, 5.41) is 9.57. The van der Waals surface area contributed by atoms with Crippen molar-refractivity contribution in [1.29, 1.82) is 0 Å². The molecule has 0 spiro atoms. The Hall–Kier alpha value is -1.06. The van der Waals surface area contributed by atoms with Gasteiger partial charge in [0.15, 0.2) is 0 Å². The van der Waals surface area contributed by atoms with Crippen LogP contribution in [0.4, 0.5) is 0 Å². The van der Waals surface area contributed by atoms with Gasteiger partial charge < -0.3 is 9.84 Å². The highest BCUT2D eigenvalue weighted by Gasteiger charge is 2.42. The molecule has 0 bridgehead atoms. The zero-order valence-corrected chi connectivity index (χ0v) is 20.0. The van der Waals surface area contributed by atoms with Gasteiger partial charge in [-0.05, 0) is 61.7 Å². The molecule has 1 N–H and O–H groups in total. The van der Waals surface area contributed by atoms with Crippen LogP contribution < -0.4 is 0 Å². The van der Waals surface area contributed by atoms with E-state index in [1.54, 1.807) is 0 Å². The molecule has 6 unspecified atom stereocenters. The molecule has 0 aromatic carbocycles. The van der Waals surface area contributed by atoms with Crippen molar-refractivity contribution in [2.24, 2.45) is 35.0 Å². The van der Waals surface area contributed by atoms with E-state index < -0.39 is 17.8 Å². The van der Waals surface area contributed by atoms with Crippen LogP contribution in [0.1, 0.15) is 111 Å². The highest BCUT2D eigenvalue weighted by atomic mass is 16.5. The smallest absolute Gasteiger partial charge is 0.309 e. The summed E-state index contributed by atoms with van der Waals surface area (Å²) in [7, 11) is 0. The van der Waals surface area contributed by atoms with E-state index in [1.165, 1.54) is 57.8 Å². The topological polar surface area (TPSA) is 63.6 Å². The quantitative estimate of drug-likeness (QED) is 0.292. The first-order valence-electron chi connectivity index (χ1n) is 12.7. The van der Waals surface area contributed by atoms with Crippen LogP contribution in [-0.2, 0) is 14.3 Å². The number of hydrogen-bond acceptors (Lipinski definition) is 3. The first-order chi connectivity index (χ1) is 14.3. The Kier molecular flexibility index (Phi) is 10.2. The molecule has 0 aliphatic heterocycles. The van der Waals surface area contributed by atoms with Crippen LogP contribution in [0.2, 0.25) is 0 Å². The number of ether oxygens (including phenoxy) is 1. The third-order valence-corrected chi connectivity index (χ3v) is 8.12. The van der Waals surface area contributed by atoms with E-state index in [-0.39, 0.29) is 11.9 Å². The minimum absolute atomic E-state index is 0.0464. The number of carbonyl (C=O) groups is 2. The van der Waals surface area contributed by atoms with Gasteiger partial charge in [-0.1, -0.05) is 72.6 Å². The average Bonchev–Trinajstić information content (AvgIpc) is 2.69. The van der Waals surface area contributed by atoms with Gasteiger partial charge in [-0.15, -0.1) is 0 Å². The third kappa shape index (κ3) is 7.27. The lowest BCUT2D eigenvalue weighted by Crippen LogP contribution is -2.39. The number of aliphatic carboxylic acids is 1. The molecule has 174 valence electrons. The van der Waals surface area contributed by atoms with Crippen LogP contribution in [0, 0.1) is 35.0 Å². The summed E-state index contributed by atoms with van der Waals surface area (Å²) in [5.41, 5.74) is 0.428. The lowest BCUT2D eigenvalue weighted by atomic mass is 9.65. The van der Waals surface area contributed by atoms with Crippen LogP contribution in [0.25, 0.3) is 0 Å². The largest absolute Gasteiger partial charge is 0.481 e. The Morgan fingerprint density at radius 3 is 2.37 bits per heavy atom. The highest BCUT2D eigenvalue weighted by Crippen LogP contribution is 2.45. The average molecular weight is 423 g/mol. The molecule has 4 nitrogen and oxygen atoms in total. The van der Waals surface area contributed by atoms with Crippen LogP contribution >= 0.6 is 0 Å². The molecule has 2 aliphatic carbocycles. The minimum atomic E-state index is -0.847. The van der Waals surface area contributed by atoms with Crippen LogP contribution in [0.5, 0.6) is 0 Å². The molecule has 2 aliphatic rings. The van der Waals surface area contributed by atoms with Gasteiger partial charge in [0.1, 0.15) is 0 Å². The second kappa shape index (κ2) is 12.1. The van der Waals surface area contributed by atoms with Gasteiger partial charge in [0.05, 0.1) is 18.4 Å². The van der Waals surface area contributed by atoms with Crippen LogP contribution in [0.15, 0.2) is 0 Å². The Labute approximate surface area is 184 Å². The number of unbranched alkanes of at least 4 members (excludes halogenated alkanes) is 5. The van der Waals surface area contributed by atoms with Crippen molar-refractivity contribution in [3.63, 3.8) is 0 Å². The Bertz CT molecular complexity index is 545. The molecule has 2 rings (SSSR count). The summed E-state index contributed by atoms with van der Waals surface area (Å²) < 4.78 is 5.72. The van der Waals surface area contributed by atoms with Gasteiger partial charge in [-0.25, -0.2) is 0 Å². The molecule has 0 heterocycles. The SMILES string of the molecule is CCCCCCCCC1(C)CCC(COC(=O)C2CCCC(C)C2C(=O)O)C(C)C1. The van der Waals surface area contributed by atoms with Gasteiger partial charge in [0.25, 0.3) is 0 Å². The molecule has 0 aromatic heterocycles. The standard InChI is InChI=1S/C26H46O4/c1-5-6-7-8-9-10-15-26(4)16-14-21(20(3)17-26)18-30-25(29)22-13-11-12-19(2)23(22)24(27)28/h19-23H,5-18H2,1-4H3,(H,27,28). The maximum atomic E-state index is 12.7. The number of esters is 1. The van der Waals surface area contributed by atoms with Crippen LogP contribution in [-0.4, -0.2) is 23.7 Å². The molecule has 6 atom stereocenters. The fourth-order valence-electron chi connectivity index (χ4n) is 6.06. The predicted octanol–water partition coefficient (Wildman–Crippen LogP) is 6.86. The number of carboxylic acid groups (broad SMARTS) is 1. The first kappa shape index (κ1) is 25.2. The lowest BCUT2D eigenvalue weighted by molar-refractivity contribution is -0.163. The molecule has 30 heavy (non-hydrogen) atoms. The number of carboxylic acids is 1. The van der Waals surface area contributed by atoms with E-state index in [2.05, 4.69) is 20.8 Å². The number of hydrogen-bond donors (Lipinski definition) is 1. The zero-order valence-electron chi connectivity index (χ0n) is 20.0. The van der Waals surface area contributed by atoms with Crippen molar-refractivity contribution in [3.05, 3.63) is 0 Å². The van der Waals surface area contributed by atoms with Crippen LogP contribution in [0.3, 0.4) is 0 Å². The molecule has 2 fully saturated rings. The van der Waals surface area contributed by atoms with Crippen molar-refractivity contribution in [3.8, 4) is 0 Å². The van der Waals surface area contributed by atoms with E-state index in [1.807, 2.05) is 6.92 Å². The van der Waals surface area contributed by atoms with E-state index in [4.69, 9.17) is 4.74 Å². The minimum Gasteiger partial charge on any atom is -0.481 e. The predicted molar refractivity (Wildman–Crippen MR) is 121 cm³/mol. The summed E-state index contributed by atoms with van der Waals surface area (Å²) in [6, 6.07) is 0. The van der Waals surface area contributed by atoms with Crippen molar-refractivity contribution in [1.82, 2.24) is 0 Å². The third-order valence-electron chi connectivity index (χ3n) is 8.12. The molecule has 0 radical (unpaired) electrons. The summed E-state index contributed by atoms with van der Waals surface area (Å²) in [5.74, 6) is -1.17. The second-order valence-electron chi connectivity index (χ2n) is 10.8. The zero-order chi connectivity index (χ0) is 22.1. The first-order valence-corrected chi connectivity index (χ1v) is 12.7. The summed E-state index contributed by atoms with van der Waals surface area (Å²) >= 11 is 0. The summed E-state index contributed by atoms with van der Waals surface area (Å²) in [4.78, 5) is 24.4. The maximum Gasteiger partial charge on any atom is 0.309 e. The number of rotatable bonds is 11. The molecule has 4 heteroatoms. The fraction of sp³-hybridized carbons (Fsp3) is 0.923. The van der Waals surface area contributed by atoms with E-state index in [0.717, 1.165) is 19.3 Å². The van der Waals surface area contributed by atoms with Gasteiger partial charge in [-0.3, -0.25) is 9.59 Å². The summed E-state index contributed by atoms with van der Waals surface area (Å²) in [6.07, 6.45) is 15.4. The molecule has 0 amide bonds. The highest BCUT2D eigenvalue weighted by molar-refractivity contribution is 5.81. The molecular weight excluding hydrogens is 376 g/mol. The van der Waals surface area contributed by atoms with Gasteiger partial charge in [0.2, 0.25) is 0 Å². The Balaban J connectivity index is 1.75. The second-order valence-corrected chi connectivity index (χ2v) is 10.8. The molecule has 2 saturated carbocycles. The summed E-state index contributed by atoms with van der Waals surface area (Å²) in [6.45, 7) is 9.42. The Morgan fingerprint density at radius 2 is 1.70 bits per heavy atom. The van der Waals surface area contributed by atoms with Gasteiger partial charge in [0, 0.05) is 0 Å². The molecule has 0 aromatic rings. The van der Waals surface area contributed by atoms with E-state index >= 15 is 0 Å². The lowest BCUT2D eigenvalue weighted by Gasteiger charge is -2.42. The maximum absolute atomic E-state index is 12.7. The van der Waals surface area contributed by atoms with Gasteiger partial charge >= 0.3 is 11.9 Å². The van der Waals surface area contributed by atoms with Crippen molar-refractivity contribution < 1.29 is 19.4 Å². The molecule has 0 saturated heterocycles. The monoisotopic (exact) mass is 422 g/mol.